The molecule has 0 bridgehead atoms. The standard InChI is InChI=1S/C6H11FO5/c7-6-4(11)3(10)5(12-6)2(9)1-8/h2-6,8-11H,1H2/t2-,3-,4+,5-,6?/m1/s1. The number of rotatable bonds is 2. The molecule has 1 fully saturated rings. The highest BCUT2D eigenvalue weighted by Gasteiger charge is 2.45. The van der Waals surface area contributed by atoms with Crippen molar-refractivity contribution in [2.24, 2.45) is 0 Å². The van der Waals surface area contributed by atoms with Gasteiger partial charge in [0.1, 0.15) is 24.4 Å². The molecule has 0 spiro atoms. The maximum atomic E-state index is 12.5. The van der Waals surface area contributed by atoms with Gasteiger partial charge in [-0.3, -0.25) is 0 Å². The van der Waals surface area contributed by atoms with Gasteiger partial charge < -0.3 is 25.2 Å². The van der Waals surface area contributed by atoms with Crippen LogP contribution < -0.4 is 0 Å². The second-order valence-corrected chi connectivity index (χ2v) is 2.68. The lowest BCUT2D eigenvalue weighted by molar-refractivity contribution is -0.113. The summed E-state index contributed by atoms with van der Waals surface area (Å²) in [5.74, 6) is 0. The van der Waals surface area contributed by atoms with Gasteiger partial charge in [-0.2, -0.15) is 0 Å². The van der Waals surface area contributed by atoms with E-state index >= 15 is 0 Å². The van der Waals surface area contributed by atoms with Crippen molar-refractivity contribution in [3.05, 3.63) is 0 Å². The number of hydrogen-bond donors (Lipinski definition) is 4. The van der Waals surface area contributed by atoms with Crippen LogP contribution in [0, 0.1) is 0 Å². The first-order valence-electron chi connectivity index (χ1n) is 3.52. The number of aliphatic hydroxyl groups is 4. The molecule has 0 aromatic rings. The third-order valence-electron chi connectivity index (χ3n) is 1.81. The summed E-state index contributed by atoms with van der Waals surface area (Å²) in [6.07, 6.45) is -7.81. The van der Waals surface area contributed by atoms with Crippen LogP contribution in [-0.4, -0.2) is 57.8 Å². The summed E-state index contributed by atoms with van der Waals surface area (Å²) in [6.45, 7) is -0.652. The molecule has 0 aromatic carbocycles. The summed E-state index contributed by atoms with van der Waals surface area (Å²) in [7, 11) is 0. The van der Waals surface area contributed by atoms with E-state index in [4.69, 9.17) is 20.4 Å². The van der Waals surface area contributed by atoms with E-state index in [1.54, 1.807) is 0 Å². The van der Waals surface area contributed by atoms with Gasteiger partial charge in [-0.25, -0.2) is 4.39 Å². The van der Waals surface area contributed by atoms with Crippen LogP contribution in [0.2, 0.25) is 0 Å². The predicted octanol–water partition coefficient (Wildman–Crippen LogP) is -2.24. The van der Waals surface area contributed by atoms with Crippen molar-refractivity contribution in [2.75, 3.05) is 6.61 Å². The second kappa shape index (κ2) is 3.63. The minimum Gasteiger partial charge on any atom is -0.394 e. The SMILES string of the molecule is OC[C@@H](O)[C@H]1OC(F)[C@@H](O)[C@H]1O. The van der Waals surface area contributed by atoms with E-state index in [0.29, 0.717) is 0 Å². The van der Waals surface area contributed by atoms with E-state index in [2.05, 4.69) is 4.74 Å². The summed E-state index contributed by atoms with van der Waals surface area (Å²) >= 11 is 0. The third-order valence-corrected chi connectivity index (χ3v) is 1.81. The molecule has 0 amide bonds. The van der Waals surface area contributed by atoms with E-state index in [-0.39, 0.29) is 0 Å². The van der Waals surface area contributed by atoms with E-state index in [1.165, 1.54) is 0 Å². The molecule has 1 heterocycles. The number of hydrogen-bond acceptors (Lipinski definition) is 5. The summed E-state index contributed by atoms with van der Waals surface area (Å²) in [5.41, 5.74) is 0. The number of alkyl halides is 1. The Kier molecular flexibility index (Phi) is 2.97. The minimum atomic E-state index is -2.01. The zero-order chi connectivity index (χ0) is 9.30. The van der Waals surface area contributed by atoms with Crippen LogP contribution in [0.5, 0.6) is 0 Å². The molecule has 0 aromatic heterocycles. The summed E-state index contributed by atoms with van der Waals surface area (Å²) in [5, 5.41) is 35.3. The Morgan fingerprint density at radius 2 is 1.92 bits per heavy atom. The molecular formula is C6H11FO5. The Hall–Kier alpha value is -0.270. The molecule has 5 atom stereocenters. The van der Waals surface area contributed by atoms with Gasteiger partial charge in [0.25, 0.3) is 0 Å². The monoisotopic (exact) mass is 182 g/mol. The van der Waals surface area contributed by atoms with E-state index in [1.807, 2.05) is 0 Å². The first kappa shape index (κ1) is 9.82. The first-order chi connectivity index (χ1) is 5.57. The van der Waals surface area contributed by atoms with Crippen LogP contribution in [0.4, 0.5) is 4.39 Å². The van der Waals surface area contributed by atoms with Crippen LogP contribution in [0.15, 0.2) is 0 Å². The Balaban J connectivity index is 2.58. The van der Waals surface area contributed by atoms with Gasteiger partial charge in [-0.15, -0.1) is 0 Å². The van der Waals surface area contributed by atoms with Gasteiger partial charge in [0.2, 0.25) is 6.36 Å². The van der Waals surface area contributed by atoms with Crippen molar-refractivity contribution < 1.29 is 29.6 Å². The zero-order valence-corrected chi connectivity index (χ0v) is 6.17. The molecule has 1 rings (SSSR count). The first-order valence-corrected chi connectivity index (χ1v) is 3.52. The second-order valence-electron chi connectivity index (χ2n) is 2.68. The quantitative estimate of drug-likeness (QED) is 0.387. The highest BCUT2D eigenvalue weighted by atomic mass is 19.1. The highest BCUT2D eigenvalue weighted by molar-refractivity contribution is 4.89. The van der Waals surface area contributed by atoms with Crippen molar-refractivity contribution >= 4 is 0 Å². The Bertz CT molecular complexity index is 155. The summed E-state index contributed by atoms with van der Waals surface area (Å²) < 4.78 is 16.9. The van der Waals surface area contributed by atoms with Crippen LogP contribution in [0.3, 0.4) is 0 Å². The average molecular weight is 182 g/mol. The van der Waals surface area contributed by atoms with E-state index in [9.17, 15) is 4.39 Å². The zero-order valence-electron chi connectivity index (χ0n) is 6.17. The molecule has 0 aliphatic carbocycles. The van der Waals surface area contributed by atoms with Gasteiger partial charge in [0.15, 0.2) is 0 Å². The molecule has 72 valence electrons. The smallest absolute Gasteiger partial charge is 0.228 e. The minimum absolute atomic E-state index is 0.652. The lowest BCUT2D eigenvalue weighted by atomic mass is 10.1. The van der Waals surface area contributed by atoms with Crippen LogP contribution in [0.1, 0.15) is 0 Å². The molecule has 4 N–H and O–H groups in total. The molecule has 1 aliphatic rings. The lowest BCUT2D eigenvalue weighted by Gasteiger charge is -2.18. The molecule has 0 radical (unpaired) electrons. The van der Waals surface area contributed by atoms with Crippen molar-refractivity contribution in [3.63, 3.8) is 0 Å². The third kappa shape index (κ3) is 1.57. The maximum Gasteiger partial charge on any atom is 0.228 e. The molecule has 1 aliphatic heterocycles. The number of aliphatic hydroxyl groups excluding tert-OH is 4. The van der Waals surface area contributed by atoms with Crippen molar-refractivity contribution in [2.45, 2.75) is 30.8 Å². The van der Waals surface area contributed by atoms with Gasteiger partial charge in [0, 0.05) is 0 Å². The molecule has 1 saturated heterocycles. The maximum absolute atomic E-state index is 12.5. The molecule has 12 heavy (non-hydrogen) atoms. The van der Waals surface area contributed by atoms with Gasteiger partial charge in [-0.1, -0.05) is 0 Å². The Morgan fingerprint density at radius 1 is 1.33 bits per heavy atom. The fraction of sp³-hybridized carbons (Fsp3) is 1.00. The molecule has 5 nitrogen and oxygen atoms in total. The number of ether oxygens (including phenoxy) is 1. The van der Waals surface area contributed by atoms with Gasteiger partial charge in [0.05, 0.1) is 6.61 Å². The van der Waals surface area contributed by atoms with Crippen molar-refractivity contribution in [1.82, 2.24) is 0 Å². The summed E-state index contributed by atoms with van der Waals surface area (Å²) in [6, 6.07) is 0. The average Bonchev–Trinajstić information content (AvgIpc) is 2.32. The fourth-order valence-corrected chi connectivity index (χ4v) is 1.08. The van der Waals surface area contributed by atoms with E-state index < -0.39 is 37.4 Å². The molecule has 1 unspecified atom stereocenters. The van der Waals surface area contributed by atoms with Gasteiger partial charge in [-0.05, 0) is 0 Å². The number of halogens is 1. The summed E-state index contributed by atoms with van der Waals surface area (Å²) in [4.78, 5) is 0. The lowest BCUT2D eigenvalue weighted by Crippen LogP contribution is -2.40. The van der Waals surface area contributed by atoms with Crippen LogP contribution in [0.25, 0.3) is 0 Å². The van der Waals surface area contributed by atoms with E-state index in [0.717, 1.165) is 0 Å². The molecular weight excluding hydrogens is 171 g/mol. The van der Waals surface area contributed by atoms with Crippen LogP contribution >= 0.6 is 0 Å². The normalized spacial score (nSPS) is 44.8. The largest absolute Gasteiger partial charge is 0.394 e. The molecule has 6 heteroatoms. The predicted molar refractivity (Wildman–Crippen MR) is 34.9 cm³/mol. The highest BCUT2D eigenvalue weighted by Crippen LogP contribution is 2.24. The van der Waals surface area contributed by atoms with Crippen molar-refractivity contribution in [3.8, 4) is 0 Å². The van der Waals surface area contributed by atoms with Crippen LogP contribution in [-0.2, 0) is 4.74 Å². The fourth-order valence-electron chi connectivity index (χ4n) is 1.08. The van der Waals surface area contributed by atoms with Gasteiger partial charge >= 0.3 is 0 Å². The Labute approximate surface area is 68.0 Å². The Morgan fingerprint density at radius 3 is 2.25 bits per heavy atom. The topological polar surface area (TPSA) is 90.2 Å². The molecule has 0 saturated carbocycles. The van der Waals surface area contributed by atoms with Crippen molar-refractivity contribution in [1.29, 1.82) is 0 Å².